The minimum atomic E-state index is -0.938. The summed E-state index contributed by atoms with van der Waals surface area (Å²) in [7, 11) is 0. The molecule has 0 bridgehead atoms. The van der Waals surface area contributed by atoms with E-state index in [0.717, 1.165) is 12.0 Å². The Kier molecular flexibility index (Phi) is 3.50. The molecule has 2 rings (SSSR count). The number of rotatable bonds is 2. The molecule has 96 valence electrons. The summed E-state index contributed by atoms with van der Waals surface area (Å²) in [4.78, 5) is 24.4. The third kappa shape index (κ3) is 2.61. The van der Waals surface area contributed by atoms with Crippen LogP contribution in [0.5, 0.6) is 0 Å². The maximum atomic E-state index is 12.0. The van der Waals surface area contributed by atoms with Crippen molar-refractivity contribution in [3.8, 4) is 0 Å². The van der Waals surface area contributed by atoms with E-state index in [0.29, 0.717) is 18.7 Å². The highest BCUT2D eigenvalue weighted by Crippen LogP contribution is 2.19. The zero-order chi connectivity index (χ0) is 13.1. The van der Waals surface area contributed by atoms with Crippen LogP contribution < -0.4 is 5.32 Å². The number of carbonyl (C=O) groups is 2. The molecule has 1 aromatic rings. The Morgan fingerprint density at radius 3 is 2.89 bits per heavy atom. The molecule has 1 aromatic carbocycles. The van der Waals surface area contributed by atoms with Crippen LogP contribution in [-0.4, -0.2) is 34.6 Å². The lowest BCUT2D eigenvalue weighted by atomic mass is 10.2. The minimum absolute atomic E-state index is 0.342. The molecule has 1 saturated heterocycles. The number of carbonyl (C=O) groups excluding carboxylic acids is 1. The van der Waals surface area contributed by atoms with E-state index in [4.69, 9.17) is 5.11 Å². The first-order valence-electron chi connectivity index (χ1n) is 5.95. The monoisotopic (exact) mass is 248 g/mol. The van der Waals surface area contributed by atoms with E-state index < -0.39 is 12.0 Å². The number of nitrogens with one attached hydrogen (secondary N) is 1. The van der Waals surface area contributed by atoms with Crippen molar-refractivity contribution in [2.24, 2.45) is 0 Å². The molecule has 1 aliphatic heterocycles. The molecule has 1 aliphatic rings. The van der Waals surface area contributed by atoms with Gasteiger partial charge in [0.1, 0.15) is 6.04 Å². The maximum Gasteiger partial charge on any atom is 0.326 e. The van der Waals surface area contributed by atoms with Crippen LogP contribution in [0, 0.1) is 6.92 Å². The van der Waals surface area contributed by atoms with Gasteiger partial charge in [0.25, 0.3) is 0 Å². The largest absolute Gasteiger partial charge is 0.480 e. The van der Waals surface area contributed by atoms with Gasteiger partial charge in [-0.05, 0) is 37.5 Å². The number of anilines is 1. The quantitative estimate of drug-likeness (QED) is 0.841. The zero-order valence-corrected chi connectivity index (χ0v) is 10.2. The van der Waals surface area contributed by atoms with Crippen LogP contribution in [0.4, 0.5) is 10.5 Å². The fraction of sp³-hybridized carbons (Fsp3) is 0.385. The number of aliphatic carboxylic acids is 1. The van der Waals surface area contributed by atoms with E-state index in [1.165, 1.54) is 4.90 Å². The summed E-state index contributed by atoms with van der Waals surface area (Å²) < 4.78 is 0. The van der Waals surface area contributed by atoms with Gasteiger partial charge in [0.15, 0.2) is 0 Å². The molecule has 0 aliphatic carbocycles. The second kappa shape index (κ2) is 5.08. The number of amides is 2. The minimum Gasteiger partial charge on any atom is -0.480 e. The van der Waals surface area contributed by atoms with Gasteiger partial charge in [-0.3, -0.25) is 0 Å². The molecular formula is C13H16N2O3. The Labute approximate surface area is 105 Å². The fourth-order valence-electron chi connectivity index (χ4n) is 2.18. The van der Waals surface area contributed by atoms with Gasteiger partial charge < -0.3 is 15.3 Å². The van der Waals surface area contributed by atoms with Gasteiger partial charge in [-0.25, -0.2) is 9.59 Å². The Morgan fingerprint density at radius 1 is 1.44 bits per heavy atom. The van der Waals surface area contributed by atoms with Gasteiger partial charge in [-0.15, -0.1) is 0 Å². The van der Waals surface area contributed by atoms with E-state index in [-0.39, 0.29) is 6.03 Å². The van der Waals surface area contributed by atoms with Crippen molar-refractivity contribution in [1.82, 2.24) is 4.90 Å². The SMILES string of the molecule is Cc1cccc(NC(=O)N2CCCC2C(=O)O)c1. The lowest BCUT2D eigenvalue weighted by molar-refractivity contribution is -0.141. The lowest BCUT2D eigenvalue weighted by Gasteiger charge is -2.21. The first-order chi connectivity index (χ1) is 8.58. The van der Waals surface area contributed by atoms with Crippen LogP contribution in [0.2, 0.25) is 0 Å². The Balaban J connectivity index is 2.06. The third-order valence-corrected chi connectivity index (χ3v) is 3.07. The van der Waals surface area contributed by atoms with Gasteiger partial charge in [-0.1, -0.05) is 12.1 Å². The summed E-state index contributed by atoms with van der Waals surface area (Å²) in [6.45, 7) is 2.43. The van der Waals surface area contributed by atoms with E-state index in [9.17, 15) is 9.59 Å². The number of aryl methyl sites for hydroxylation is 1. The third-order valence-electron chi connectivity index (χ3n) is 3.07. The van der Waals surface area contributed by atoms with E-state index in [2.05, 4.69) is 5.32 Å². The van der Waals surface area contributed by atoms with E-state index in [1.807, 2.05) is 25.1 Å². The molecule has 2 N–H and O–H groups in total. The van der Waals surface area contributed by atoms with Gasteiger partial charge in [-0.2, -0.15) is 0 Å². The number of benzene rings is 1. The van der Waals surface area contributed by atoms with Gasteiger partial charge in [0, 0.05) is 12.2 Å². The summed E-state index contributed by atoms with van der Waals surface area (Å²) >= 11 is 0. The van der Waals surface area contributed by atoms with Crippen LogP contribution in [0.25, 0.3) is 0 Å². The van der Waals surface area contributed by atoms with Crippen molar-refractivity contribution in [3.05, 3.63) is 29.8 Å². The molecular weight excluding hydrogens is 232 g/mol. The molecule has 0 spiro atoms. The fourth-order valence-corrected chi connectivity index (χ4v) is 2.18. The molecule has 0 saturated carbocycles. The Bertz CT molecular complexity index is 473. The van der Waals surface area contributed by atoms with Gasteiger partial charge >= 0.3 is 12.0 Å². The smallest absolute Gasteiger partial charge is 0.326 e. The summed E-state index contributed by atoms with van der Waals surface area (Å²) in [5.74, 6) is -0.938. The summed E-state index contributed by atoms with van der Waals surface area (Å²) in [5, 5.41) is 11.8. The van der Waals surface area contributed by atoms with Crippen LogP contribution in [-0.2, 0) is 4.79 Å². The first kappa shape index (κ1) is 12.4. The summed E-state index contributed by atoms with van der Waals surface area (Å²) in [6.07, 6.45) is 1.26. The highest BCUT2D eigenvalue weighted by molar-refractivity contribution is 5.92. The van der Waals surface area contributed by atoms with Gasteiger partial charge in [0.2, 0.25) is 0 Å². The van der Waals surface area contributed by atoms with Crippen LogP contribution in [0.15, 0.2) is 24.3 Å². The molecule has 0 aromatic heterocycles. The van der Waals surface area contributed by atoms with Crippen molar-refractivity contribution in [1.29, 1.82) is 0 Å². The highest BCUT2D eigenvalue weighted by Gasteiger charge is 2.33. The zero-order valence-electron chi connectivity index (χ0n) is 10.2. The van der Waals surface area contributed by atoms with Crippen molar-refractivity contribution in [3.63, 3.8) is 0 Å². The maximum absolute atomic E-state index is 12.0. The number of nitrogens with zero attached hydrogens (tertiary/aromatic N) is 1. The topological polar surface area (TPSA) is 69.6 Å². The number of carboxylic acid groups (broad SMARTS) is 1. The first-order valence-corrected chi connectivity index (χ1v) is 5.95. The van der Waals surface area contributed by atoms with Crippen molar-refractivity contribution in [2.45, 2.75) is 25.8 Å². The number of hydrogen-bond acceptors (Lipinski definition) is 2. The number of urea groups is 1. The van der Waals surface area contributed by atoms with Crippen LogP contribution >= 0.6 is 0 Å². The molecule has 1 fully saturated rings. The van der Waals surface area contributed by atoms with E-state index >= 15 is 0 Å². The summed E-state index contributed by atoms with van der Waals surface area (Å²) in [6, 6.07) is 6.38. The Hall–Kier alpha value is -2.04. The average Bonchev–Trinajstić information content (AvgIpc) is 2.77. The van der Waals surface area contributed by atoms with Crippen molar-refractivity contribution in [2.75, 3.05) is 11.9 Å². The second-order valence-electron chi connectivity index (χ2n) is 4.49. The average molecular weight is 248 g/mol. The molecule has 5 nitrogen and oxygen atoms in total. The number of carboxylic acids is 1. The molecule has 1 atom stereocenters. The molecule has 2 amide bonds. The molecule has 1 unspecified atom stereocenters. The molecule has 5 heteroatoms. The molecule has 0 radical (unpaired) electrons. The predicted molar refractivity (Wildman–Crippen MR) is 67.6 cm³/mol. The number of hydrogen-bond donors (Lipinski definition) is 2. The van der Waals surface area contributed by atoms with Crippen molar-refractivity contribution < 1.29 is 14.7 Å². The van der Waals surface area contributed by atoms with Crippen molar-refractivity contribution >= 4 is 17.7 Å². The van der Waals surface area contributed by atoms with Gasteiger partial charge in [0.05, 0.1) is 0 Å². The van der Waals surface area contributed by atoms with E-state index in [1.54, 1.807) is 6.07 Å². The summed E-state index contributed by atoms with van der Waals surface area (Å²) in [5.41, 5.74) is 1.74. The molecule has 1 heterocycles. The molecule has 18 heavy (non-hydrogen) atoms. The standard InChI is InChI=1S/C13H16N2O3/c1-9-4-2-5-10(8-9)14-13(18)15-7-3-6-11(15)12(16)17/h2,4-5,8,11H,3,6-7H2,1H3,(H,14,18)(H,16,17). The van der Waals surface area contributed by atoms with Crippen LogP contribution in [0.3, 0.4) is 0 Å². The highest BCUT2D eigenvalue weighted by atomic mass is 16.4. The number of likely N-dealkylation sites (tertiary alicyclic amines) is 1. The lowest BCUT2D eigenvalue weighted by Crippen LogP contribution is -2.42. The normalized spacial score (nSPS) is 18.7. The van der Waals surface area contributed by atoms with Crippen LogP contribution in [0.1, 0.15) is 18.4 Å². The Morgan fingerprint density at radius 2 is 2.22 bits per heavy atom. The predicted octanol–water partition coefficient (Wildman–Crippen LogP) is 2.08. The second-order valence-corrected chi connectivity index (χ2v) is 4.49.